The van der Waals surface area contributed by atoms with E-state index in [0.717, 1.165) is 55.5 Å². The van der Waals surface area contributed by atoms with Crippen molar-refractivity contribution in [3.63, 3.8) is 0 Å². The fraction of sp³-hybridized carbons (Fsp3) is 0.480. The lowest BCUT2D eigenvalue weighted by atomic mass is 9.82. The van der Waals surface area contributed by atoms with E-state index >= 15 is 0 Å². The zero-order chi connectivity index (χ0) is 22.6. The Morgan fingerprint density at radius 2 is 1.88 bits per heavy atom. The van der Waals surface area contributed by atoms with E-state index in [1.54, 1.807) is 12.1 Å². The first-order valence-corrected chi connectivity index (χ1v) is 12.1. The molecule has 2 heterocycles. The quantitative estimate of drug-likeness (QED) is 0.687. The highest BCUT2D eigenvalue weighted by Crippen LogP contribution is 2.31. The number of nitrogens with zero attached hydrogens (tertiary/aromatic N) is 2. The monoisotopic (exact) mass is 453 g/mol. The number of carbonyl (C=O) groups excluding carboxylic acids is 2. The van der Waals surface area contributed by atoms with Crippen LogP contribution in [0.5, 0.6) is 0 Å². The molecule has 2 fully saturated rings. The topological polar surface area (TPSA) is 62.3 Å². The maximum atomic E-state index is 13.1. The fourth-order valence-corrected chi connectivity index (χ4v) is 5.56. The average molecular weight is 454 g/mol. The van der Waals surface area contributed by atoms with Crippen LogP contribution >= 0.6 is 11.3 Å². The van der Waals surface area contributed by atoms with Crippen LogP contribution in [0.15, 0.2) is 29.6 Å². The second kappa shape index (κ2) is 9.83. The molecule has 2 aliphatic rings. The molecule has 0 bridgehead atoms. The highest BCUT2D eigenvalue weighted by atomic mass is 32.1. The number of benzene rings is 1. The summed E-state index contributed by atoms with van der Waals surface area (Å²) in [6, 6.07) is 6.06. The molecule has 1 aromatic heterocycles. The molecule has 0 spiro atoms. The van der Waals surface area contributed by atoms with Crippen LogP contribution in [-0.2, 0) is 11.2 Å². The van der Waals surface area contributed by atoms with Crippen LogP contribution in [0.2, 0.25) is 0 Å². The Morgan fingerprint density at radius 1 is 1.19 bits per heavy atom. The molecule has 0 atom stereocenters. The molecule has 1 N–H and O–H groups in total. The summed E-state index contributed by atoms with van der Waals surface area (Å²) in [5, 5.41) is 5.81. The summed E-state index contributed by atoms with van der Waals surface area (Å²) in [6.45, 7) is 1.32. The third kappa shape index (κ3) is 5.18. The lowest BCUT2D eigenvalue weighted by molar-refractivity contribution is -0.131. The standard InChI is InChI=1S/C25H28FN3O2S/c1-2-25(12-4-3-5-13-25)28-23(31)21-17-32-24(27-21)19-10-14-29(15-11-19)22(30)16-18-6-8-20(26)9-7-18/h1,6-9,17,19H,3-5,10-16H2,(H,28,31). The molecule has 0 unspecified atom stereocenters. The molecular weight excluding hydrogens is 425 g/mol. The van der Waals surface area contributed by atoms with Gasteiger partial charge in [0.1, 0.15) is 17.1 Å². The molecule has 7 heteroatoms. The third-order valence-electron chi connectivity index (χ3n) is 6.56. The van der Waals surface area contributed by atoms with Crippen LogP contribution in [0.3, 0.4) is 0 Å². The maximum Gasteiger partial charge on any atom is 0.271 e. The van der Waals surface area contributed by atoms with Gasteiger partial charge in [0.05, 0.1) is 11.4 Å². The summed E-state index contributed by atoms with van der Waals surface area (Å²) in [4.78, 5) is 31.8. The largest absolute Gasteiger partial charge is 0.342 e. The van der Waals surface area contributed by atoms with E-state index in [1.807, 2.05) is 10.3 Å². The predicted molar refractivity (Wildman–Crippen MR) is 123 cm³/mol. The second-order valence-corrected chi connectivity index (χ2v) is 9.66. The minimum atomic E-state index is -0.546. The number of hydrogen-bond donors (Lipinski definition) is 1. The molecule has 32 heavy (non-hydrogen) atoms. The van der Waals surface area contributed by atoms with E-state index in [1.165, 1.54) is 23.5 Å². The van der Waals surface area contributed by atoms with Gasteiger partial charge in [0.2, 0.25) is 5.91 Å². The number of likely N-dealkylation sites (tertiary alicyclic amines) is 1. The van der Waals surface area contributed by atoms with E-state index in [4.69, 9.17) is 6.42 Å². The smallest absolute Gasteiger partial charge is 0.271 e. The lowest BCUT2D eigenvalue weighted by Gasteiger charge is -2.33. The highest BCUT2D eigenvalue weighted by Gasteiger charge is 2.33. The molecule has 0 radical (unpaired) electrons. The molecule has 168 valence electrons. The van der Waals surface area contributed by atoms with Gasteiger partial charge < -0.3 is 10.2 Å². The Kier molecular flexibility index (Phi) is 6.90. The molecule has 1 aliphatic carbocycles. The Bertz CT molecular complexity index is 997. The number of aromatic nitrogens is 1. The molecular formula is C25H28FN3O2S. The van der Waals surface area contributed by atoms with Crippen molar-refractivity contribution < 1.29 is 14.0 Å². The van der Waals surface area contributed by atoms with Crippen LogP contribution in [0, 0.1) is 18.2 Å². The number of hydrogen-bond acceptors (Lipinski definition) is 4. The molecule has 1 saturated carbocycles. The summed E-state index contributed by atoms with van der Waals surface area (Å²) in [7, 11) is 0. The van der Waals surface area contributed by atoms with Crippen molar-refractivity contribution in [1.82, 2.24) is 15.2 Å². The van der Waals surface area contributed by atoms with Gasteiger partial charge in [0.15, 0.2) is 0 Å². The van der Waals surface area contributed by atoms with Gasteiger partial charge in [0, 0.05) is 24.4 Å². The number of amides is 2. The van der Waals surface area contributed by atoms with Gasteiger partial charge in [-0.05, 0) is 43.4 Å². The normalized spacial score (nSPS) is 18.7. The van der Waals surface area contributed by atoms with E-state index in [0.29, 0.717) is 18.8 Å². The van der Waals surface area contributed by atoms with Gasteiger partial charge >= 0.3 is 0 Å². The van der Waals surface area contributed by atoms with Crippen LogP contribution in [0.1, 0.15) is 71.9 Å². The predicted octanol–water partition coefficient (Wildman–Crippen LogP) is 4.30. The highest BCUT2D eigenvalue weighted by molar-refractivity contribution is 7.09. The Hall–Kier alpha value is -2.72. The molecule has 2 amide bonds. The zero-order valence-corrected chi connectivity index (χ0v) is 18.9. The molecule has 1 saturated heterocycles. The van der Waals surface area contributed by atoms with Gasteiger partial charge in [-0.15, -0.1) is 17.8 Å². The first-order valence-electron chi connectivity index (χ1n) is 11.3. The van der Waals surface area contributed by atoms with Crippen molar-refractivity contribution in [2.24, 2.45) is 0 Å². The molecule has 4 rings (SSSR count). The summed E-state index contributed by atoms with van der Waals surface area (Å²) in [6.07, 6.45) is 12.5. The Labute approximate surface area is 192 Å². The Morgan fingerprint density at radius 3 is 2.53 bits per heavy atom. The minimum absolute atomic E-state index is 0.0568. The Balaban J connectivity index is 1.30. The molecule has 5 nitrogen and oxygen atoms in total. The van der Waals surface area contributed by atoms with Gasteiger partial charge in [-0.25, -0.2) is 9.37 Å². The zero-order valence-electron chi connectivity index (χ0n) is 18.1. The van der Waals surface area contributed by atoms with Crippen molar-refractivity contribution in [2.45, 2.75) is 62.8 Å². The molecule has 1 aliphatic heterocycles. The summed E-state index contributed by atoms with van der Waals surface area (Å²) >= 11 is 1.50. The number of nitrogens with one attached hydrogen (secondary N) is 1. The number of piperidine rings is 1. The van der Waals surface area contributed by atoms with Crippen molar-refractivity contribution in [2.75, 3.05) is 13.1 Å². The number of terminal acetylenes is 1. The fourth-order valence-electron chi connectivity index (χ4n) is 4.59. The van der Waals surface area contributed by atoms with E-state index < -0.39 is 5.54 Å². The van der Waals surface area contributed by atoms with Crippen molar-refractivity contribution in [3.8, 4) is 12.3 Å². The SMILES string of the molecule is C#CC1(NC(=O)c2csc(C3CCN(C(=O)Cc4ccc(F)cc4)CC3)n2)CCCCC1. The summed E-state index contributed by atoms with van der Waals surface area (Å²) < 4.78 is 13.1. The van der Waals surface area contributed by atoms with Gasteiger partial charge in [-0.2, -0.15) is 0 Å². The van der Waals surface area contributed by atoms with Crippen LogP contribution in [0.4, 0.5) is 4.39 Å². The maximum absolute atomic E-state index is 13.1. The second-order valence-electron chi connectivity index (χ2n) is 8.77. The van der Waals surface area contributed by atoms with Crippen LogP contribution in [0.25, 0.3) is 0 Å². The number of thiazole rings is 1. The van der Waals surface area contributed by atoms with Gasteiger partial charge in [-0.3, -0.25) is 9.59 Å². The third-order valence-corrected chi connectivity index (χ3v) is 7.56. The summed E-state index contributed by atoms with van der Waals surface area (Å²) in [5.41, 5.74) is 0.701. The van der Waals surface area contributed by atoms with Gasteiger partial charge in [0.25, 0.3) is 5.91 Å². The molecule has 2 aromatic rings. The van der Waals surface area contributed by atoms with Crippen LogP contribution < -0.4 is 5.32 Å². The minimum Gasteiger partial charge on any atom is -0.342 e. The first-order chi connectivity index (χ1) is 15.5. The summed E-state index contributed by atoms with van der Waals surface area (Å²) in [5.74, 6) is 2.62. The first kappa shape index (κ1) is 22.5. The van der Waals surface area contributed by atoms with Gasteiger partial charge in [-0.1, -0.05) is 37.3 Å². The van der Waals surface area contributed by atoms with Crippen LogP contribution in [-0.4, -0.2) is 40.3 Å². The van der Waals surface area contributed by atoms with E-state index in [2.05, 4.69) is 16.2 Å². The van der Waals surface area contributed by atoms with E-state index in [-0.39, 0.29) is 30.0 Å². The van der Waals surface area contributed by atoms with Crippen molar-refractivity contribution >= 4 is 23.2 Å². The lowest BCUT2D eigenvalue weighted by Crippen LogP contribution is -2.48. The number of carbonyl (C=O) groups is 2. The number of rotatable bonds is 5. The molecule has 1 aromatic carbocycles. The average Bonchev–Trinajstić information content (AvgIpc) is 3.32. The van der Waals surface area contributed by atoms with Crippen molar-refractivity contribution in [3.05, 3.63) is 51.7 Å². The van der Waals surface area contributed by atoms with E-state index in [9.17, 15) is 14.0 Å². The van der Waals surface area contributed by atoms with Crippen molar-refractivity contribution in [1.29, 1.82) is 0 Å². The number of halogens is 1.